The molecule has 17 heavy (non-hydrogen) atoms. The Morgan fingerprint density at radius 2 is 1.82 bits per heavy atom. The van der Waals surface area contributed by atoms with Crippen LogP contribution in [0.5, 0.6) is 0 Å². The topological polar surface area (TPSA) is 24.7 Å². The van der Waals surface area contributed by atoms with Gasteiger partial charge in [-0.15, -0.1) is 11.3 Å². The monoisotopic (exact) mass is 248 g/mol. The van der Waals surface area contributed by atoms with Gasteiger partial charge in [-0.3, -0.25) is 0 Å². The number of hydrogen-bond acceptors (Lipinski definition) is 3. The van der Waals surface area contributed by atoms with Crippen molar-refractivity contribution in [2.75, 3.05) is 0 Å². The summed E-state index contributed by atoms with van der Waals surface area (Å²) in [7, 11) is 0. The molecule has 0 radical (unpaired) electrons. The first-order chi connectivity index (χ1) is 7.99. The molecule has 0 amide bonds. The first-order valence-electron chi connectivity index (χ1n) is 6.23. The lowest BCUT2D eigenvalue weighted by atomic mass is 9.98. The average molecular weight is 248 g/mol. The quantitative estimate of drug-likeness (QED) is 0.749. The van der Waals surface area contributed by atoms with Gasteiger partial charge in [-0.25, -0.2) is 0 Å². The van der Waals surface area contributed by atoms with Gasteiger partial charge in [-0.2, -0.15) is 10.2 Å². The summed E-state index contributed by atoms with van der Waals surface area (Å²) in [5.74, 6) is 1.18. The van der Waals surface area contributed by atoms with E-state index in [1.807, 2.05) is 18.3 Å². The molecule has 0 unspecified atom stereocenters. The van der Waals surface area contributed by atoms with E-state index < -0.39 is 0 Å². The molecule has 1 aromatic rings. The molecular formula is C14H20N2S. The van der Waals surface area contributed by atoms with Crippen molar-refractivity contribution < 1.29 is 0 Å². The van der Waals surface area contributed by atoms with Crippen molar-refractivity contribution in [2.45, 2.75) is 52.9 Å². The van der Waals surface area contributed by atoms with E-state index in [0.717, 1.165) is 17.8 Å². The van der Waals surface area contributed by atoms with Gasteiger partial charge < -0.3 is 0 Å². The van der Waals surface area contributed by atoms with E-state index in [-0.39, 0.29) is 0 Å². The highest BCUT2D eigenvalue weighted by Gasteiger charge is 2.19. The van der Waals surface area contributed by atoms with E-state index in [1.54, 1.807) is 0 Å². The van der Waals surface area contributed by atoms with E-state index in [9.17, 15) is 0 Å². The molecule has 92 valence electrons. The predicted molar refractivity (Wildman–Crippen MR) is 76.8 cm³/mol. The fraction of sp³-hybridized carbons (Fsp3) is 0.571. The van der Waals surface area contributed by atoms with Crippen molar-refractivity contribution in [3.63, 3.8) is 0 Å². The Morgan fingerprint density at radius 1 is 1.12 bits per heavy atom. The van der Waals surface area contributed by atoms with Gasteiger partial charge in [-0.05, 0) is 30.4 Å². The maximum Gasteiger partial charge on any atom is 0.0858 e. The van der Waals surface area contributed by atoms with Crippen LogP contribution in [0.1, 0.15) is 68.2 Å². The number of nitrogens with zero attached hydrogens (tertiary/aromatic N) is 2. The van der Waals surface area contributed by atoms with E-state index in [4.69, 9.17) is 0 Å². The van der Waals surface area contributed by atoms with Crippen molar-refractivity contribution in [1.82, 2.24) is 0 Å². The molecule has 1 aliphatic heterocycles. The Kier molecular flexibility index (Phi) is 3.48. The average Bonchev–Trinajstić information content (AvgIpc) is 2.82. The Labute approximate surface area is 107 Å². The van der Waals surface area contributed by atoms with Gasteiger partial charge >= 0.3 is 0 Å². The van der Waals surface area contributed by atoms with Crippen LogP contribution in [-0.4, -0.2) is 11.4 Å². The van der Waals surface area contributed by atoms with Crippen LogP contribution < -0.4 is 0 Å². The molecule has 0 saturated carbocycles. The second-order valence-electron chi connectivity index (χ2n) is 5.30. The van der Waals surface area contributed by atoms with Crippen LogP contribution in [0.2, 0.25) is 0 Å². The molecule has 0 atom stereocenters. The summed E-state index contributed by atoms with van der Waals surface area (Å²) in [6, 6.07) is 2.32. The second kappa shape index (κ2) is 4.73. The summed E-state index contributed by atoms with van der Waals surface area (Å²) < 4.78 is 0. The van der Waals surface area contributed by atoms with Crippen LogP contribution in [-0.2, 0) is 0 Å². The molecule has 0 N–H and O–H groups in total. The van der Waals surface area contributed by atoms with E-state index in [2.05, 4.69) is 44.0 Å². The van der Waals surface area contributed by atoms with Crippen LogP contribution in [0.4, 0.5) is 0 Å². The highest BCUT2D eigenvalue weighted by Crippen LogP contribution is 2.35. The molecule has 0 saturated heterocycles. The largest absolute Gasteiger partial charge is 0.160 e. The summed E-state index contributed by atoms with van der Waals surface area (Å²) in [6.07, 6.45) is 0.912. The summed E-state index contributed by atoms with van der Waals surface area (Å²) in [4.78, 5) is 2.81. The molecule has 0 aromatic carbocycles. The van der Waals surface area contributed by atoms with Crippen molar-refractivity contribution in [2.24, 2.45) is 10.2 Å². The summed E-state index contributed by atoms with van der Waals surface area (Å²) in [6.45, 7) is 11.1. The molecule has 0 spiro atoms. The lowest BCUT2D eigenvalue weighted by molar-refractivity contribution is 0.809. The zero-order valence-electron chi connectivity index (χ0n) is 11.2. The molecule has 0 aliphatic carbocycles. The minimum atomic E-state index is 0.585. The third-order valence-electron chi connectivity index (χ3n) is 2.99. The Morgan fingerprint density at radius 3 is 2.24 bits per heavy atom. The molecule has 0 fully saturated rings. The van der Waals surface area contributed by atoms with Gasteiger partial charge in [0.15, 0.2) is 0 Å². The fourth-order valence-corrected chi connectivity index (χ4v) is 3.36. The third-order valence-corrected chi connectivity index (χ3v) is 4.49. The van der Waals surface area contributed by atoms with Crippen LogP contribution >= 0.6 is 11.3 Å². The molecule has 1 aliphatic rings. The molecule has 2 rings (SSSR count). The van der Waals surface area contributed by atoms with Gasteiger partial charge in [-0.1, -0.05) is 27.7 Å². The van der Waals surface area contributed by atoms with Crippen LogP contribution in [0, 0.1) is 0 Å². The maximum atomic E-state index is 4.28. The Balaban J connectivity index is 2.35. The summed E-state index contributed by atoms with van der Waals surface area (Å²) >= 11 is 1.89. The van der Waals surface area contributed by atoms with Crippen LogP contribution in [0.25, 0.3) is 0 Å². The number of hydrogen-bond donors (Lipinski definition) is 0. The van der Waals surface area contributed by atoms with Crippen LogP contribution in [0.3, 0.4) is 0 Å². The third kappa shape index (κ3) is 2.49. The van der Waals surface area contributed by atoms with E-state index in [0.29, 0.717) is 11.8 Å². The Bertz CT molecular complexity index is 453. The molecule has 2 nitrogen and oxygen atoms in total. The molecule has 3 heteroatoms. The molecule has 2 heterocycles. The maximum absolute atomic E-state index is 4.28. The molecular weight excluding hydrogens is 228 g/mol. The van der Waals surface area contributed by atoms with Crippen LogP contribution in [0.15, 0.2) is 16.3 Å². The van der Waals surface area contributed by atoms with Gasteiger partial charge in [0.05, 0.1) is 10.6 Å². The first kappa shape index (κ1) is 12.5. The van der Waals surface area contributed by atoms with Crippen molar-refractivity contribution in [1.29, 1.82) is 0 Å². The first-order valence-corrected chi connectivity index (χ1v) is 7.04. The molecule has 0 bridgehead atoms. The van der Waals surface area contributed by atoms with Gasteiger partial charge in [0.2, 0.25) is 0 Å². The van der Waals surface area contributed by atoms with Crippen molar-refractivity contribution >= 4 is 22.8 Å². The van der Waals surface area contributed by atoms with Gasteiger partial charge in [0.1, 0.15) is 0 Å². The zero-order valence-corrected chi connectivity index (χ0v) is 12.1. The highest BCUT2D eigenvalue weighted by atomic mass is 32.1. The number of rotatable bonds is 3. The zero-order chi connectivity index (χ0) is 12.6. The summed E-state index contributed by atoms with van der Waals surface area (Å²) in [5.41, 5.74) is 3.74. The standard InChI is InChI=1S/C14H20N2S/c1-8(2)11-7-13(17-14(11)9(3)4)12-6-10(5)15-16-12/h7-9H,6H2,1-5H3. The normalized spacial score (nSPS) is 15.7. The predicted octanol–water partition coefficient (Wildman–Crippen LogP) is 4.56. The lowest BCUT2D eigenvalue weighted by Crippen LogP contribution is -1.98. The molecule has 1 aromatic heterocycles. The fourth-order valence-electron chi connectivity index (χ4n) is 2.06. The highest BCUT2D eigenvalue weighted by molar-refractivity contribution is 7.14. The lowest BCUT2D eigenvalue weighted by Gasteiger charge is -2.08. The smallest absolute Gasteiger partial charge is 0.0858 e. The van der Waals surface area contributed by atoms with Gasteiger partial charge in [0, 0.05) is 17.0 Å². The minimum Gasteiger partial charge on any atom is -0.160 e. The van der Waals surface area contributed by atoms with Crippen molar-refractivity contribution in [3.05, 3.63) is 21.4 Å². The minimum absolute atomic E-state index is 0.585. The Hall–Kier alpha value is -0.960. The van der Waals surface area contributed by atoms with Crippen molar-refractivity contribution in [3.8, 4) is 0 Å². The SMILES string of the molecule is CC1=NN=C(c2cc(C(C)C)c(C(C)C)s2)C1. The second-order valence-corrected chi connectivity index (χ2v) is 6.38. The number of thiophene rings is 1. The van der Waals surface area contributed by atoms with E-state index >= 15 is 0 Å². The van der Waals surface area contributed by atoms with E-state index in [1.165, 1.54) is 15.3 Å². The summed E-state index contributed by atoms with van der Waals surface area (Å²) in [5, 5.41) is 8.41. The van der Waals surface area contributed by atoms with Gasteiger partial charge in [0.25, 0.3) is 0 Å².